The van der Waals surface area contributed by atoms with Crippen molar-refractivity contribution in [1.29, 1.82) is 0 Å². The van der Waals surface area contributed by atoms with Crippen molar-refractivity contribution in [3.63, 3.8) is 0 Å². The lowest BCUT2D eigenvalue weighted by Crippen LogP contribution is -2.50. The molecule has 1 fully saturated rings. The van der Waals surface area contributed by atoms with Gasteiger partial charge in [-0.1, -0.05) is 24.6 Å². The first kappa shape index (κ1) is 23.2. The predicted octanol–water partition coefficient (Wildman–Crippen LogP) is 3.54. The number of amides is 2. The number of halogens is 1. The molecule has 0 radical (unpaired) electrons. The van der Waals surface area contributed by atoms with Gasteiger partial charge in [0.05, 0.1) is 18.7 Å². The van der Waals surface area contributed by atoms with E-state index in [0.29, 0.717) is 47.3 Å². The normalized spacial score (nSPS) is 14.4. The number of esters is 1. The smallest absolute Gasteiger partial charge is 0.341 e. The van der Waals surface area contributed by atoms with Gasteiger partial charge in [0.1, 0.15) is 5.00 Å². The van der Waals surface area contributed by atoms with Gasteiger partial charge in [-0.05, 0) is 37.6 Å². The van der Waals surface area contributed by atoms with Gasteiger partial charge in [-0.15, -0.1) is 11.3 Å². The summed E-state index contributed by atoms with van der Waals surface area (Å²) in [7, 11) is 0. The summed E-state index contributed by atoms with van der Waals surface area (Å²) in [4.78, 5) is 42.2. The van der Waals surface area contributed by atoms with E-state index in [1.54, 1.807) is 42.2 Å². The number of carbonyl (C=O) groups excluding carboxylic acids is 3. The van der Waals surface area contributed by atoms with Gasteiger partial charge in [0.25, 0.3) is 5.91 Å². The number of benzene rings is 1. The van der Waals surface area contributed by atoms with Gasteiger partial charge in [-0.2, -0.15) is 0 Å². The van der Waals surface area contributed by atoms with E-state index >= 15 is 0 Å². The quantitative estimate of drug-likeness (QED) is 0.635. The summed E-state index contributed by atoms with van der Waals surface area (Å²) in [5.41, 5.74) is 0.962. The Morgan fingerprint density at radius 1 is 1.13 bits per heavy atom. The van der Waals surface area contributed by atoms with Crippen LogP contribution in [-0.2, 0) is 16.0 Å². The minimum absolute atomic E-state index is 0.0589. The lowest BCUT2D eigenvalue weighted by molar-refractivity contribution is -0.117. The summed E-state index contributed by atoms with van der Waals surface area (Å²) < 4.78 is 5.10. The van der Waals surface area contributed by atoms with Gasteiger partial charge in [0.15, 0.2) is 0 Å². The van der Waals surface area contributed by atoms with Crippen LogP contribution >= 0.6 is 22.9 Å². The molecule has 1 saturated heterocycles. The Balaban J connectivity index is 1.54. The highest BCUT2D eigenvalue weighted by molar-refractivity contribution is 7.16. The summed E-state index contributed by atoms with van der Waals surface area (Å²) in [5, 5.41) is 3.91. The van der Waals surface area contributed by atoms with E-state index in [1.807, 2.05) is 11.8 Å². The largest absolute Gasteiger partial charge is 0.462 e. The van der Waals surface area contributed by atoms with Gasteiger partial charge in [-0.25, -0.2) is 4.79 Å². The van der Waals surface area contributed by atoms with E-state index in [4.69, 9.17) is 16.3 Å². The molecule has 166 valence electrons. The number of carbonyl (C=O) groups is 3. The fraction of sp³-hybridized carbons (Fsp3) is 0.409. The first-order valence-corrected chi connectivity index (χ1v) is 11.5. The van der Waals surface area contributed by atoms with Crippen LogP contribution in [0.5, 0.6) is 0 Å². The average Bonchev–Trinajstić information content (AvgIpc) is 3.17. The maximum absolute atomic E-state index is 12.6. The number of nitrogens with one attached hydrogen (secondary N) is 1. The van der Waals surface area contributed by atoms with E-state index < -0.39 is 5.97 Å². The molecule has 2 heterocycles. The van der Waals surface area contributed by atoms with Crippen LogP contribution in [0.1, 0.15) is 39.4 Å². The first-order valence-electron chi connectivity index (χ1n) is 10.3. The van der Waals surface area contributed by atoms with Gasteiger partial charge in [0, 0.05) is 41.6 Å². The second kappa shape index (κ2) is 10.7. The highest BCUT2D eigenvalue weighted by Crippen LogP contribution is 2.29. The molecule has 1 aromatic carbocycles. The number of piperazine rings is 1. The molecule has 2 amide bonds. The standard InChI is InChI=1S/C22H26ClN3O4S/c1-3-17-13-18(22(29)30-4-2)20(31-17)24-19(27)14-25-8-10-26(11-9-25)21(28)15-6-5-7-16(23)12-15/h5-7,12-13H,3-4,8-11,14H2,1-2H3,(H,24,27). The van der Waals surface area contributed by atoms with Crippen LogP contribution in [0.25, 0.3) is 0 Å². The monoisotopic (exact) mass is 463 g/mol. The van der Waals surface area contributed by atoms with Crippen molar-refractivity contribution in [3.8, 4) is 0 Å². The summed E-state index contributed by atoms with van der Waals surface area (Å²) in [6.45, 7) is 6.47. The van der Waals surface area contributed by atoms with Gasteiger partial charge in [-0.3, -0.25) is 14.5 Å². The molecule has 0 aliphatic carbocycles. The van der Waals surface area contributed by atoms with Crippen LogP contribution < -0.4 is 5.32 Å². The van der Waals surface area contributed by atoms with Crippen LogP contribution in [0.15, 0.2) is 30.3 Å². The van der Waals surface area contributed by atoms with E-state index in [0.717, 1.165) is 11.3 Å². The summed E-state index contributed by atoms with van der Waals surface area (Å²) >= 11 is 7.37. The second-order valence-corrected chi connectivity index (χ2v) is 8.73. The maximum Gasteiger partial charge on any atom is 0.341 e. The Kier molecular flexibility index (Phi) is 8.06. The van der Waals surface area contributed by atoms with Gasteiger partial charge >= 0.3 is 5.97 Å². The Hall–Kier alpha value is -2.42. The van der Waals surface area contributed by atoms with Crippen molar-refractivity contribution in [2.45, 2.75) is 20.3 Å². The molecule has 0 spiro atoms. The van der Waals surface area contributed by atoms with Crippen LogP contribution in [0.3, 0.4) is 0 Å². The number of thiophene rings is 1. The molecule has 1 aromatic heterocycles. The lowest BCUT2D eigenvalue weighted by atomic mass is 10.2. The van der Waals surface area contributed by atoms with E-state index in [9.17, 15) is 14.4 Å². The van der Waals surface area contributed by atoms with Crippen LogP contribution in [0, 0.1) is 0 Å². The minimum Gasteiger partial charge on any atom is -0.462 e. The lowest BCUT2D eigenvalue weighted by Gasteiger charge is -2.34. The number of ether oxygens (including phenoxy) is 1. The molecule has 2 aromatic rings. The van der Waals surface area contributed by atoms with Crippen molar-refractivity contribution in [2.75, 3.05) is 44.6 Å². The third-order valence-electron chi connectivity index (χ3n) is 4.98. The Labute approximate surface area is 190 Å². The molecule has 0 atom stereocenters. The Bertz CT molecular complexity index is 954. The predicted molar refractivity (Wildman–Crippen MR) is 122 cm³/mol. The number of hydrogen-bond acceptors (Lipinski definition) is 6. The fourth-order valence-corrected chi connectivity index (χ4v) is 4.54. The second-order valence-electron chi connectivity index (χ2n) is 7.16. The molecule has 0 bridgehead atoms. The molecule has 1 N–H and O–H groups in total. The Morgan fingerprint density at radius 3 is 2.52 bits per heavy atom. The van der Waals surface area contributed by atoms with Crippen molar-refractivity contribution < 1.29 is 19.1 Å². The number of hydrogen-bond donors (Lipinski definition) is 1. The van der Waals surface area contributed by atoms with Crippen LogP contribution in [0.2, 0.25) is 5.02 Å². The molecular weight excluding hydrogens is 438 g/mol. The van der Waals surface area contributed by atoms with Crippen molar-refractivity contribution in [1.82, 2.24) is 9.80 Å². The van der Waals surface area contributed by atoms with Crippen LogP contribution in [-0.4, -0.2) is 66.9 Å². The van der Waals surface area contributed by atoms with Crippen molar-refractivity contribution in [2.24, 2.45) is 0 Å². The fourth-order valence-electron chi connectivity index (χ4n) is 3.35. The minimum atomic E-state index is -0.429. The van der Waals surface area contributed by atoms with Gasteiger partial charge < -0.3 is 15.0 Å². The van der Waals surface area contributed by atoms with E-state index in [1.165, 1.54) is 11.3 Å². The third-order valence-corrected chi connectivity index (χ3v) is 6.41. The zero-order chi connectivity index (χ0) is 22.4. The van der Waals surface area contributed by atoms with Gasteiger partial charge in [0.2, 0.25) is 5.91 Å². The molecule has 1 aliphatic rings. The molecule has 9 heteroatoms. The number of rotatable bonds is 7. The first-order chi connectivity index (χ1) is 14.9. The Morgan fingerprint density at radius 2 is 1.87 bits per heavy atom. The van der Waals surface area contributed by atoms with Crippen LogP contribution in [0.4, 0.5) is 5.00 Å². The molecule has 7 nitrogen and oxygen atoms in total. The maximum atomic E-state index is 12.6. The number of anilines is 1. The van der Waals surface area contributed by atoms with E-state index in [2.05, 4.69) is 5.32 Å². The zero-order valence-corrected chi connectivity index (χ0v) is 19.2. The number of nitrogens with zero attached hydrogens (tertiary/aromatic N) is 2. The van der Waals surface area contributed by atoms with Crippen molar-refractivity contribution >= 4 is 45.7 Å². The highest BCUT2D eigenvalue weighted by Gasteiger charge is 2.24. The third kappa shape index (κ3) is 6.06. The molecule has 0 saturated carbocycles. The average molecular weight is 464 g/mol. The molecule has 1 aliphatic heterocycles. The molecule has 31 heavy (non-hydrogen) atoms. The number of aryl methyl sites for hydroxylation is 1. The molecular formula is C22H26ClN3O4S. The molecule has 0 unspecified atom stereocenters. The zero-order valence-electron chi connectivity index (χ0n) is 17.7. The van der Waals surface area contributed by atoms with Crippen molar-refractivity contribution in [3.05, 3.63) is 51.4 Å². The van der Waals surface area contributed by atoms with E-state index in [-0.39, 0.29) is 25.0 Å². The summed E-state index contributed by atoms with van der Waals surface area (Å²) in [6.07, 6.45) is 0.773. The highest BCUT2D eigenvalue weighted by atomic mass is 35.5. The summed E-state index contributed by atoms with van der Waals surface area (Å²) in [5.74, 6) is -0.678. The SMILES string of the molecule is CCOC(=O)c1cc(CC)sc1NC(=O)CN1CCN(C(=O)c2cccc(Cl)c2)CC1. The topological polar surface area (TPSA) is 79.0 Å². The molecule has 3 rings (SSSR count). The summed E-state index contributed by atoms with van der Waals surface area (Å²) in [6, 6.07) is 8.68.